The van der Waals surface area contributed by atoms with Crippen molar-refractivity contribution in [2.45, 2.75) is 23.2 Å². The first kappa shape index (κ1) is 24.7. The summed E-state index contributed by atoms with van der Waals surface area (Å²) in [5, 5.41) is 22.7. The zero-order valence-corrected chi connectivity index (χ0v) is 19.6. The van der Waals surface area contributed by atoms with Gasteiger partial charge in [-0.2, -0.15) is 0 Å². The maximum absolute atomic E-state index is 13.0. The number of benzene rings is 2. The van der Waals surface area contributed by atoms with Crippen molar-refractivity contribution in [3.05, 3.63) is 87.5 Å². The number of non-ortho nitro benzene ring substituents is 1. The minimum Gasteiger partial charge on any atom is -0.324 e. The van der Waals surface area contributed by atoms with Crippen LogP contribution in [0, 0.1) is 15.9 Å². The van der Waals surface area contributed by atoms with Crippen molar-refractivity contribution in [3.8, 4) is 0 Å². The average Bonchev–Trinajstić information content (AvgIpc) is 3.17. The first-order valence-electron chi connectivity index (χ1n) is 9.59. The third kappa shape index (κ3) is 7.04. The van der Waals surface area contributed by atoms with Crippen LogP contribution < -0.4 is 5.32 Å². The number of hydrogen-bond acceptors (Lipinski definition) is 7. The molecule has 0 saturated heterocycles. The molecule has 0 spiro atoms. The van der Waals surface area contributed by atoms with Gasteiger partial charge in [-0.25, -0.2) is 4.39 Å². The molecule has 0 aliphatic heterocycles. The fourth-order valence-corrected chi connectivity index (χ4v) is 4.58. The van der Waals surface area contributed by atoms with Crippen LogP contribution in [0.1, 0.15) is 11.4 Å². The second-order valence-corrected chi connectivity index (χ2v) is 9.01. The van der Waals surface area contributed by atoms with Crippen LogP contribution in [0.4, 0.5) is 15.8 Å². The molecule has 2 aromatic carbocycles. The Kier molecular flexibility index (Phi) is 8.87. The number of thioether (sulfide) groups is 2. The summed E-state index contributed by atoms with van der Waals surface area (Å²) in [4.78, 5) is 22.8. The number of nitro groups is 1. The predicted octanol–water partition coefficient (Wildman–Crippen LogP) is 5.33. The average molecular weight is 508 g/mol. The predicted molar refractivity (Wildman–Crippen MR) is 129 cm³/mol. The lowest BCUT2D eigenvalue weighted by atomic mass is 10.2. The molecule has 3 rings (SSSR count). The van der Waals surface area contributed by atoms with Crippen molar-refractivity contribution in [3.63, 3.8) is 0 Å². The van der Waals surface area contributed by atoms with Gasteiger partial charge in [0.2, 0.25) is 5.91 Å². The fraction of sp³-hybridized carbons (Fsp3) is 0.190. The van der Waals surface area contributed by atoms with E-state index in [1.54, 1.807) is 30.0 Å². The molecule has 0 radical (unpaired) electrons. The first-order valence-corrected chi connectivity index (χ1v) is 12.1. The van der Waals surface area contributed by atoms with Crippen molar-refractivity contribution in [1.82, 2.24) is 14.8 Å². The molecule has 0 fully saturated rings. The first-order chi connectivity index (χ1) is 15.9. The highest BCUT2D eigenvalue weighted by atomic mass is 35.5. The number of rotatable bonds is 11. The van der Waals surface area contributed by atoms with E-state index in [4.69, 9.17) is 11.6 Å². The second-order valence-electron chi connectivity index (χ2n) is 6.68. The van der Waals surface area contributed by atoms with E-state index < -0.39 is 4.92 Å². The molecule has 1 amide bonds. The maximum Gasteiger partial charge on any atom is 0.271 e. The number of amides is 1. The summed E-state index contributed by atoms with van der Waals surface area (Å²) < 4.78 is 14.9. The Morgan fingerprint density at radius 1 is 1.24 bits per heavy atom. The molecule has 0 aliphatic rings. The number of nitro benzene ring substituents is 1. The van der Waals surface area contributed by atoms with Crippen molar-refractivity contribution < 1.29 is 14.1 Å². The summed E-state index contributed by atoms with van der Waals surface area (Å²) in [5.41, 5.74) is 1.00. The van der Waals surface area contributed by atoms with Gasteiger partial charge >= 0.3 is 0 Å². The van der Waals surface area contributed by atoms with Crippen LogP contribution in [0.5, 0.6) is 0 Å². The number of hydrogen-bond donors (Lipinski definition) is 1. The van der Waals surface area contributed by atoms with E-state index in [0.29, 0.717) is 23.2 Å². The van der Waals surface area contributed by atoms with Gasteiger partial charge in [-0.15, -0.1) is 28.5 Å². The molecule has 8 nitrogen and oxygen atoms in total. The van der Waals surface area contributed by atoms with Crippen molar-refractivity contribution in [2.24, 2.45) is 0 Å². The standard InChI is InChI=1S/C21H19ClFN5O3S2/c1-2-9-27-19(12-32-11-14-3-5-15(23)6-4-14)25-26-21(27)33-13-20(29)24-18-10-16(28(30)31)7-8-17(18)22/h2-8,10H,1,9,11-13H2,(H,24,29). The summed E-state index contributed by atoms with van der Waals surface area (Å²) in [6.45, 7) is 4.23. The Bertz CT molecular complexity index is 1160. The molecule has 3 aromatic rings. The normalized spacial score (nSPS) is 10.7. The lowest BCUT2D eigenvalue weighted by Crippen LogP contribution is -2.15. The Morgan fingerprint density at radius 3 is 2.70 bits per heavy atom. The quantitative estimate of drug-likeness (QED) is 0.162. The number of nitrogens with one attached hydrogen (secondary N) is 1. The van der Waals surface area contributed by atoms with Crippen molar-refractivity contribution >= 4 is 52.4 Å². The molecule has 33 heavy (non-hydrogen) atoms. The summed E-state index contributed by atoms with van der Waals surface area (Å²) >= 11 is 8.83. The summed E-state index contributed by atoms with van der Waals surface area (Å²) in [6.07, 6.45) is 1.71. The number of nitrogens with zero attached hydrogens (tertiary/aromatic N) is 4. The molecule has 0 bridgehead atoms. The maximum atomic E-state index is 13.0. The Hall–Kier alpha value is -2.89. The van der Waals surface area contributed by atoms with Gasteiger partial charge in [-0.3, -0.25) is 14.9 Å². The fourth-order valence-electron chi connectivity index (χ4n) is 2.72. The van der Waals surface area contributed by atoms with Crippen LogP contribution in [0.3, 0.4) is 0 Å². The molecule has 172 valence electrons. The summed E-state index contributed by atoms with van der Waals surface area (Å²) in [7, 11) is 0. The zero-order valence-electron chi connectivity index (χ0n) is 17.2. The van der Waals surface area contributed by atoms with E-state index >= 15 is 0 Å². The van der Waals surface area contributed by atoms with E-state index in [0.717, 1.165) is 11.4 Å². The number of allylic oxidation sites excluding steroid dienone is 1. The van der Waals surface area contributed by atoms with Gasteiger partial charge in [-0.05, 0) is 23.8 Å². The number of carbonyl (C=O) groups excluding carboxylic acids is 1. The second kappa shape index (κ2) is 11.8. The molecule has 0 saturated carbocycles. The van der Waals surface area contributed by atoms with Crippen LogP contribution in [0.25, 0.3) is 0 Å². The minimum absolute atomic E-state index is 0.0109. The van der Waals surface area contributed by atoms with E-state index in [1.165, 1.54) is 42.1 Å². The molecule has 1 aromatic heterocycles. The Balaban J connectivity index is 1.59. The summed E-state index contributed by atoms with van der Waals surface area (Å²) in [5.74, 6) is 1.35. The highest BCUT2D eigenvalue weighted by Crippen LogP contribution is 2.27. The molecule has 1 heterocycles. The lowest BCUT2D eigenvalue weighted by Gasteiger charge is -2.09. The van der Waals surface area contributed by atoms with Gasteiger partial charge in [0.1, 0.15) is 11.6 Å². The SMILES string of the molecule is C=CCn1c(CSCc2ccc(F)cc2)nnc1SCC(=O)Nc1cc([N+](=O)[O-])ccc1Cl. The van der Waals surface area contributed by atoms with Gasteiger partial charge in [0.05, 0.1) is 27.1 Å². The van der Waals surface area contributed by atoms with Gasteiger partial charge in [0.25, 0.3) is 5.69 Å². The molecule has 12 heteroatoms. The van der Waals surface area contributed by atoms with E-state index in [2.05, 4.69) is 22.1 Å². The third-order valence-electron chi connectivity index (χ3n) is 4.29. The zero-order chi connectivity index (χ0) is 23.8. The molecule has 0 atom stereocenters. The molecular formula is C21H19ClFN5O3S2. The van der Waals surface area contributed by atoms with Gasteiger partial charge in [-0.1, -0.05) is 41.6 Å². The Morgan fingerprint density at radius 2 is 2.00 bits per heavy atom. The number of aromatic nitrogens is 3. The highest BCUT2D eigenvalue weighted by molar-refractivity contribution is 7.99. The van der Waals surface area contributed by atoms with Gasteiger partial charge in [0, 0.05) is 24.4 Å². The minimum atomic E-state index is -0.561. The monoisotopic (exact) mass is 507 g/mol. The molecular weight excluding hydrogens is 489 g/mol. The lowest BCUT2D eigenvalue weighted by molar-refractivity contribution is -0.384. The van der Waals surface area contributed by atoms with E-state index in [-0.39, 0.29) is 33.9 Å². The van der Waals surface area contributed by atoms with Crippen LogP contribution in [-0.2, 0) is 22.8 Å². The number of anilines is 1. The van der Waals surface area contributed by atoms with Crippen molar-refractivity contribution in [2.75, 3.05) is 11.1 Å². The Labute approximate surface area is 202 Å². The van der Waals surface area contributed by atoms with Gasteiger partial charge in [0.15, 0.2) is 5.16 Å². The van der Waals surface area contributed by atoms with E-state index in [9.17, 15) is 19.3 Å². The number of halogens is 2. The third-order valence-corrected chi connectivity index (χ3v) is 6.58. The van der Waals surface area contributed by atoms with Crippen LogP contribution in [0.2, 0.25) is 5.02 Å². The van der Waals surface area contributed by atoms with Crippen molar-refractivity contribution in [1.29, 1.82) is 0 Å². The highest BCUT2D eigenvalue weighted by Gasteiger charge is 2.16. The van der Waals surface area contributed by atoms with Gasteiger partial charge < -0.3 is 9.88 Å². The molecule has 0 unspecified atom stereocenters. The summed E-state index contributed by atoms with van der Waals surface area (Å²) in [6, 6.07) is 10.2. The molecule has 1 N–H and O–H groups in total. The number of carbonyl (C=O) groups is 1. The topological polar surface area (TPSA) is 103 Å². The smallest absolute Gasteiger partial charge is 0.271 e. The van der Waals surface area contributed by atoms with Crippen LogP contribution in [-0.4, -0.2) is 31.3 Å². The van der Waals surface area contributed by atoms with Crippen LogP contribution in [0.15, 0.2) is 60.3 Å². The molecule has 0 aliphatic carbocycles. The largest absolute Gasteiger partial charge is 0.324 e. The van der Waals surface area contributed by atoms with E-state index in [1.807, 2.05) is 4.57 Å². The van der Waals surface area contributed by atoms with Crippen LogP contribution >= 0.6 is 35.1 Å².